The number of imidazole rings is 1. The third-order valence-corrected chi connectivity index (χ3v) is 3.65. The molecular weight excluding hydrogens is 278 g/mol. The smallest absolute Gasteiger partial charge is 0.203 e. The molecule has 0 unspecified atom stereocenters. The molecule has 0 bridgehead atoms. The fraction of sp³-hybridized carbons (Fsp3) is 0.308. The minimum absolute atomic E-state index is 1.00. The highest BCUT2D eigenvalue weighted by Crippen LogP contribution is 2.29. The van der Waals surface area contributed by atoms with Crippen molar-refractivity contribution >= 4 is 21.9 Å². The second-order valence-corrected chi connectivity index (χ2v) is 5.23. The molecule has 1 aliphatic heterocycles. The highest BCUT2D eigenvalue weighted by atomic mass is 79.9. The molecular formula is C13H14BrN3. The number of anilines is 1. The summed E-state index contributed by atoms with van der Waals surface area (Å²) < 4.78 is 3.35. The number of halogens is 1. The number of hydrogen-bond acceptors (Lipinski definition) is 2. The van der Waals surface area contributed by atoms with Gasteiger partial charge in [-0.15, -0.1) is 0 Å². The van der Waals surface area contributed by atoms with Crippen molar-refractivity contribution in [2.24, 2.45) is 0 Å². The van der Waals surface area contributed by atoms with Crippen LogP contribution < -0.4 is 5.32 Å². The standard InChI is InChI=1S/C13H14BrN3/c1-9-12(10-4-2-5-11(14)8-10)16-13-15-6-3-7-17(9)13/h2,4-5,8H,3,6-7H2,1H3,(H,15,16). The van der Waals surface area contributed by atoms with Crippen molar-refractivity contribution in [1.29, 1.82) is 0 Å². The summed E-state index contributed by atoms with van der Waals surface area (Å²) in [5, 5.41) is 3.35. The van der Waals surface area contributed by atoms with Crippen LogP contribution in [-0.4, -0.2) is 16.1 Å². The third kappa shape index (κ3) is 1.86. The number of hydrogen-bond donors (Lipinski definition) is 1. The average molecular weight is 292 g/mol. The lowest BCUT2D eigenvalue weighted by atomic mass is 10.1. The van der Waals surface area contributed by atoms with E-state index in [1.807, 2.05) is 12.1 Å². The van der Waals surface area contributed by atoms with Gasteiger partial charge in [-0.3, -0.25) is 0 Å². The first kappa shape index (κ1) is 10.8. The quantitative estimate of drug-likeness (QED) is 0.872. The monoisotopic (exact) mass is 291 g/mol. The maximum atomic E-state index is 4.69. The Balaban J connectivity index is 2.12. The molecule has 88 valence electrons. The Labute approximate surface area is 109 Å². The van der Waals surface area contributed by atoms with E-state index in [4.69, 9.17) is 4.98 Å². The van der Waals surface area contributed by atoms with Crippen LogP contribution in [0.1, 0.15) is 12.1 Å². The molecule has 0 radical (unpaired) electrons. The van der Waals surface area contributed by atoms with Gasteiger partial charge in [0.25, 0.3) is 0 Å². The van der Waals surface area contributed by atoms with Gasteiger partial charge in [-0.1, -0.05) is 28.1 Å². The molecule has 3 nitrogen and oxygen atoms in total. The van der Waals surface area contributed by atoms with Crippen LogP contribution in [0.5, 0.6) is 0 Å². The van der Waals surface area contributed by atoms with Crippen molar-refractivity contribution < 1.29 is 0 Å². The summed E-state index contributed by atoms with van der Waals surface area (Å²) in [5.74, 6) is 1.00. The van der Waals surface area contributed by atoms with E-state index in [1.54, 1.807) is 0 Å². The summed E-state index contributed by atoms with van der Waals surface area (Å²) in [6, 6.07) is 8.30. The van der Waals surface area contributed by atoms with Crippen molar-refractivity contribution in [3.8, 4) is 11.3 Å². The van der Waals surface area contributed by atoms with E-state index in [9.17, 15) is 0 Å². The molecule has 2 heterocycles. The predicted molar refractivity (Wildman–Crippen MR) is 73.2 cm³/mol. The van der Waals surface area contributed by atoms with Crippen LogP contribution >= 0.6 is 15.9 Å². The van der Waals surface area contributed by atoms with Gasteiger partial charge in [0.1, 0.15) is 0 Å². The summed E-state index contributed by atoms with van der Waals surface area (Å²) >= 11 is 3.51. The van der Waals surface area contributed by atoms with Gasteiger partial charge in [-0.05, 0) is 25.5 Å². The molecule has 0 amide bonds. The van der Waals surface area contributed by atoms with Gasteiger partial charge in [0.2, 0.25) is 5.95 Å². The Morgan fingerprint density at radius 1 is 1.41 bits per heavy atom. The van der Waals surface area contributed by atoms with Crippen LogP contribution in [0.3, 0.4) is 0 Å². The van der Waals surface area contributed by atoms with Gasteiger partial charge in [0.15, 0.2) is 0 Å². The molecule has 17 heavy (non-hydrogen) atoms. The normalized spacial score (nSPS) is 14.2. The fourth-order valence-corrected chi connectivity index (χ4v) is 2.69. The van der Waals surface area contributed by atoms with E-state index in [2.05, 4.69) is 44.9 Å². The lowest BCUT2D eigenvalue weighted by Gasteiger charge is -2.16. The van der Waals surface area contributed by atoms with E-state index >= 15 is 0 Å². The second-order valence-electron chi connectivity index (χ2n) is 4.31. The molecule has 1 aliphatic rings. The zero-order valence-electron chi connectivity index (χ0n) is 9.70. The SMILES string of the molecule is Cc1c(-c2cccc(Br)c2)nc2n1CCCN2. The molecule has 4 heteroatoms. The first-order chi connectivity index (χ1) is 8.25. The second kappa shape index (κ2) is 4.18. The average Bonchev–Trinajstić information content (AvgIpc) is 2.68. The van der Waals surface area contributed by atoms with Crippen LogP contribution in [-0.2, 0) is 6.54 Å². The van der Waals surface area contributed by atoms with E-state index in [0.717, 1.165) is 29.2 Å². The highest BCUT2D eigenvalue weighted by Gasteiger charge is 2.17. The molecule has 0 saturated heterocycles. The Kier molecular flexibility index (Phi) is 2.67. The number of aromatic nitrogens is 2. The molecule has 1 aromatic heterocycles. The minimum atomic E-state index is 1.00. The highest BCUT2D eigenvalue weighted by molar-refractivity contribution is 9.10. The zero-order valence-corrected chi connectivity index (χ0v) is 11.3. The minimum Gasteiger partial charge on any atom is -0.356 e. The molecule has 1 N–H and O–H groups in total. The molecule has 0 atom stereocenters. The first-order valence-electron chi connectivity index (χ1n) is 5.82. The summed E-state index contributed by atoms with van der Waals surface area (Å²) in [6.45, 7) is 4.23. The number of nitrogens with one attached hydrogen (secondary N) is 1. The van der Waals surface area contributed by atoms with E-state index in [0.29, 0.717) is 0 Å². The predicted octanol–water partition coefficient (Wildman–Crippen LogP) is 3.44. The van der Waals surface area contributed by atoms with Crippen molar-refractivity contribution in [3.63, 3.8) is 0 Å². The van der Waals surface area contributed by atoms with Crippen LogP contribution in [0.25, 0.3) is 11.3 Å². The van der Waals surface area contributed by atoms with E-state index in [-0.39, 0.29) is 0 Å². The molecule has 2 aromatic rings. The molecule has 0 saturated carbocycles. The van der Waals surface area contributed by atoms with Gasteiger partial charge in [-0.25, -0.2) is 4.98 Å². The Hall–Kier alpha value is -1.29. The summed E-state index contributed by atoms with van der Waals surface area (Å²) in [4.78, 5) is 4.69. The zero-order chi connectivity index (χ0) is 11.8. The summed E-state index contributed by atoms with van der Waals surface area (Å²) in [7, 11) is 0. The van der Waals surface area contributed by atoms with Crippen molar-refractivity contribution in [2.45, 2.75) is 19.9 Å². The third-order valence-electron chi connectivity index (χ3n) is 3.16. The van der Waals surface area contributed by atoms with Gasteiger partial charge in [-0.2, -0.15) is 0 Å². The first-order valence-corrected chi connectivity index (χ1v) is 6.62. The number of rotatable bonds is 1. The molecule has 3 rings (SSSR count). The van der Waals surface area contributed by atoms with Crippen molar-refractivity contribution in [3.05, 3.63) is 34.4 Å². The van der Waals surface area contributed by atoms with Crippen molar-refractivity contribution in [1.82, 2.24) is 9.55 Å². The van der Waals surface area contributed by atoms with Gasteiger partial charge in [0.05, 0.1) is 5.69 Å². The fourth-order valence-electron chi connectivity index (χ4n) is 2.29. The van der Waals surface area contributed by atoms with Crippen LogP contribution in [0.2, 0.25) is 0 Å². The maximum Gasteiger partial charge on any atom is 0.203 e. The number of benzene rings is 1. The topological polar surface area (TPSA) is 29.9 Å². The number of fused-ring (bicyclic) bond motifs is 1. The molecule has 0 spiro atoms. The van der Waals surface area contributed by atoms with Crippen LogP contribution in [0, 0.1) is 6.92 Å². The molecule has 0 fully saturated rings. The lowest BCUT2D eigenvalue weighted by Crippen LogP contribution is -2.17. The molecule has 1 aromatic carbocycles. The van der Waals surface area contributed by atoms with E-state index < -0.39 is 0 Å². The Morgan fingerprint density at radius 3 is 3.06 bits per heavy atom. The van der Waals surface area contributed by atoms with Crippen LogP contribution in [0.4, 0.5) is 5.95 Å². The largest absolute Gasteiger partial charge is 0.356 e. The Morgan fingerprint density at radius 2 is 2.29 bits per heavy atom. The Bertz CT molecular complexity index is 560. The summed E-state index contributed by atoms with van der Waals surface area (Å²) in [5.41, 5.74) is 3.49. The van der Waals surface area contributed by atoms with Crippen molar-refractivity contribution in [2.75, 3.05) is 11.9 Å². The maximum absolute atomic E-state index is 4.69. The van der Waals surface area contributed by atoms with Gasteiger partial charge >= 0.3 is 0 Å². The molecule has 0 aliphatic carbocycles. The lowest BCUT2D eigenvalue weighted by molar-refractivity contribution is 0.615. The van der Waals surface area contributed by atoms with Crippen LogP contribution in [0.15, 0.2) is 28.7 Å². The summed E-state index contributed by atoms with van der Waals surface area (Å²) in [6.07, 6.45) is 1.17. The number of nitrogens with zero attached hydrogens (tertiary/aromatic N) is 2. The van der Waals surface area contributed by atoms with Gasteiger partial charge in [0, 0.05) is 28.8 Å². The van der Waals surface area contributed by atoms with Gasteiger partial charge < -0.3 is 9.88 Å². The van der Waals surface area contributed by atoms with E-state index in [1.165, 1.54) is 17.7 Å².